The number of methoxy groups -OCH3 is 2. The van der Waals surface area contributed by atoms with Crippen LogP contribution in [0.3, 0.4) is 0 Å². The minimum Gasteiger partial charge on any atom is -0.497 e. The van der Waals surface area contributed by atoms with Gasteiger partial charge in [0.15, 0.2) is 0 Å². The summed E-state index contributed by atoms with van der Waals surface area (Å²) in [7, 11) is 3.15. The van der Waals surface area contributed by atoms with Crippen LogP contribution in [0.5, 0.6) is 5.75 Å². The molecule has 0 aromatic heterocycles. The lowest BCUT2D eigenvalue weighted by Crippen LogP contribution is -2.38. The van der Waals surface area contributed by atoms with Gasteiger partial charge in [-0.15, -0.1) is 0 Å². The second kappa shape index (κ2) is 10.5. The highest BCUT2D eigenvalue weighted by Crippen LogP contribution is 2.40. The Hall–Kier alpha value is -2.83. The van der Waals surface area contributed by atoms with Gasteiger partial charge in [0.25, 0.3) is 0 Å². The van der Waals surface area contributed by atoms with Crippen LogP contribution in [0.15, 0.2) is 59.8 Å². The van der Waals surface area contributed by atoms with Gasteiger partial charge >= 0.3 is 5.97 Å². The molecule has 7 heteroatoms. The summed E-state index contributed by atoms with van der Waals surface area (Å²) in [5.74, 6) is -0.274. The van der Waals surface area contributed by atoms with Crippen molar-refractivity contribution in [2.24, 2.45) is 0 Å². The van der Waals surface area contributed by atoms with Crippen molar-refractivity contribution in [3.8, 4) is 5.75 Å². The molecule has 1 amide bonds. The van der Waals surface area contributed by atoms with E-state index < -0.39 is 11.9 Å². The van der Waals surface area contributed by atoms with E-state index in [9.17, 15) is 9.59 Å². The number of nitrogens with zero attached hydrogens (tertiary/aromatic N) is 1. The predicted molar refractivity (Wildman–Crippen MR) is 118 cm³/mol. The van der Waals surface area contributed by atoms with Gasteiger partial charge < -0.3 is 19.1 Å². The van der Waals surface area contributed by atoms with E-state index in [-0.39, 0.29) is 18.9 Å². The first-order valence-corrected chi connectivity index (χ1v) is 10.4. The van der Waals surface area contributed by atoms with Crippen LogP contribution in [-0.4, -0.2) is 44.2 Å². The maximum Gasteiger partial charge on any atom is 0.336 e. The Balaban J connectivity index is 1.97. The van der Waals surface area contributed by atoms with E-state index in [1.54, 1.807) is 32.1 Å². The molecule has 31 heavy (non-hydrogen) atoms. The molecule has 1 aliphatic rings. The van der Waals surface area contributed by atoms with Gasteiger partial charge in [-0.2, -0.15) is 0 Å². The Morgan fingerprint density at radius 3 is 2.45 bits per heavy atom. The lowest BCUT2D eigenvalue weighted by Gasteiger charge is -2.35. The van der Waals surface area contributed by atoms with E-state index in [0.717, 1.165) is 16.9 Å². The molecule has 0 bridgehead atoms. The molecule has 2 aromatic rings. The number of carbonyl (C=O) groups is 2. The summed E-state index contributed by atoms with van der Waals surface area (Å²) in [6.45, 7) is 2.55. The van der Waals surface area contributed by atoms with Gasteiger partial charge in [0.1, 0.15) is 12.4 Å². The van der Waals surface area contributed by atoms with E-state index in [1.165, 1.54) is 0 Å². The van der Waals surface area contributed by atoms with Gasteiger partial charge in [-0.1, -0.05) is 41.9 Å². The molecule has 1 heterocycles. The quantitative estimate of drug-likeness (QED) is 0.449. The first-order chi connectivity index (χ1) is 15.0. The molecule has 0 saturated carbocycles. The van der Waals surface area contributed by atoms with Crippen LogP contribution in [-0.2, 0) is 25.6 Å². The monoisotopic (exact) mass is 443 g/mol. The molecular weight excluding hydrogens is 418 g/mol. The first kappa shape index (κ1) is 22.8. The summed E-state index contributed by atoms with van der Waals surface area (Å²) in [6.07, 6.45) is 0.131. The van der Waals surface area contributed by atoms with E-state index in [0.29, 0.717) is 29.4 Å². The van der Waals surface area contributed by atoms with Crippen LogP contribution in [0, 0.1) is 0 Å². The van der Waals surface area contributed by atoms with E-state index in [1.807, 2.05) is 42.5 Å². The molecule has 6 nitrogen and oxygen atoms in total. The summed E-state index contributed by atoms with van der Waals surface area (Å²) in [5, 5.41) is 0.513. The smallest absolute Gasteiger partial charge is 0.336 e. The third-order valence-electron chi connectivity index (χ3n) is 5.34. The number of carbonyl (C=O) groups excluding carboxylic acids is 2. The molecular formula is C24H26ClNO5. The van der Waals surface area contributed by atoms with E-state index >= 15 is 0 Å². The molecule has 0 spiro atoms. The van der Waals surface area contributed by atoms with Gasteiger partial charge in [0.2, 0.25) is 5.91 Å². The Labute approximate surface area is 187 Å². The first-order valence-electron chi connectivity index (χ1n) is 10.0. The molecule has 1 atom stereocenters. The number of hydrogen-bond acceptors (Lipinski definition) is 5. The summed E-state index contributed by atoms with van der Waals surface area (Å²) in [4.78, 5) is 27.8. The molecule has 3 rings (SSSR count). The number of allylic oxidation sites excluding steroid dienone is 1. The van der Waals surface area contributed by atoms with Gasteiger partial charge in [-0.05, 0) is 36.2 Å². The van der Waals surface area contributed by atoms with Crippen LogP contribution in [0.2, 0.25) is 5.02 Å². The maximum absolute atomic E-state index is 13.1. The second-order valence-corrected chi connectivity index (χ2v) is 7.64. The molecule has 0 aliphatic carbocycles. The zero-order valence-corrected chi connectivity index (χ0v) is 18.6. The van der Waals surface area contributed by atoms with Crippen molar-refractivity contribution in [2.75, 3.05) is 27.4 Å². The number of amides is 1. The van der Waals surface area contributed by atoms with Gasteiger partial charge in [-0.3, -0.25) is 4.79 Å². The fourth-order valence-corrected chi connectivity index (χ4v) is 3.97. The van der Waals surface area contributed by atoms with Gasteiger partial charge in [0.05, 0.1) is 25.8 Å². The van der Waals surface area contributed by atoms with Crippen molar-refractivity contribution in [3.63, 3.8) is 0 Å². The Morgan fingerprint density at radius 2 is 1.81 bits per heavy atom. The zero-order valence-electron chi connectivity index (χ0n) is 17.9. The minimum atomic E-state index is -0.469. The predicted octanol–water partition coefficient (Wildman–Crippen LogP) is 4.33. The normalized spacial score (nSPS) is 16.5. The number of ether oxygens (including phenoxy) is 3. The highest BCUT2D eigenvalue weighted by Gasteiger charge is 2.37. The van der Waals surface area contributed by atoms with Crippen LogP contribution in [0.25, 0.3) is 0 Å². The Kier molecular flexibility index (Phi) is 7.71. The van der Waals surface area contributed by atoms with Crippen LogP contribution in [0.4, 0.5) is 0 Å². The molecule has 0 N–H and O–H groups in total. The fourth-order valence-electron chi connectivity index (χ4n) is 3.70. The Morgan fingerprint density at radius 1 is 1.10 bits per heavy atom. The average Bonchev–Trinajstić information content (AvgIpc) is 2.77. The van der Waals surface area contributed by atoms with Crippen molar-refractivity contribution in [2.45, 2.75) is 25.8 Å². The highest BCUT2D eigenvalue weighted by molar-refractivity contribution is 6.31. The number of halogens is 1. The van der Waals surface area contributed by atoms with Crippen molar-refractivity contribution in [1.82, 2.24) is 4.90 Å². The van der Waals surface area contributed by atoms with Crippen molar-refractivity contribution < 1.29 is 23.8 Å². The molecule has 2 aromatic carbocycles. The molecule has 1 aliphatic heterocycles. The van der Waals surface area contributed by atoms with Gasteiger partial charge in [0, 0.05) is 30.2 Å². The van der Waals surface area contributed by atoms with Crippen LogP contribution >= 0.6 is 11.6 Å². The summed E-state index contributed by atoms with van der Waals surface area (Å²) in [5.41, 5.74) is 2.67. The largest absolute Gasteiger partial charge is 0.497 e. The molecule has 0 saturated heterocycles. The molecule has 0 fully saturated rings. The van der Waals surface area contributed by atoms with Crippen LogP contribution in [0.1, 0.15) is 30.4 Å². The third kappa shape index (κ3) is 5.27. The summed E-state index contributed by atoms with van der Waals surface area (Å²) < 4.78 is 15.6. The summed E-state index contributed by atoms with van der Waals surface area (Å²) in [6, 6.07) is 14.7. The number of benzene rings is 2. The standard InChI is InChI=1S/C24H26ClNO5/c1-16-23(24(28)31-13-12-29-2)20(19-6-4-5-7-21(19)25)14-22(27)26(16)15-17-8-10-18(30-3)11-9-17/h4-11,20H,12-15H2,1-3H3. The average molecular weight is 444 g/mol. The van der Waals surface area contributed by atoms with Crippen LogP contribution < -0.4 is 4.74 Å². The number of hydrogen-bond donors (Lipinski definition) is 0. The SMILES string of the molecule is COCCOC(=O)C1=C(C)N(Cc2ccc(OC)cc2)C(=O)CC1c1ccccc1Cl. The van der Waals surface area contributed by atoms with E-state index in [2.05, 4.69) is 0 Å². The maximum atomic E-state index is 13.1. The van der Waals surface area contributed by atoms with Gasteiger partial charge in [-0.25, -0.2) is 4.79 Å². The number of rotatable bonds is 8. The summed E-state index contributed by atoms with van der Waals surface area (Å²) >= 11 is 6.41. The second-order valence-electron chi connectivity index (χ2n) is 7.23. The van der Waals surface area contributed by atoms with Crippen molar-refractivity contribution in [3.05, 3.63) is 76.0 Å². The Bertz CT molecular complexity index is 970. The van der Waals surface area contributed by atoms with Crippen molar-refractivity contribution >= 4 is 23.5 Å². The molecule has 1 unspecified atom stereocenters. The number of esters is 1. The highest BCUT2D eigenvalue weighted by atomic mass is 35.5. The minimum absolute atomic E-state index is 0.0771. The zero-order chi connectivity index (χ0) is 22.4. The van der Waals surface area contributed by atoms with Crippen molar-refractivity contribution in [1.29, 1.82) is 0 Å². The lowest BCUT2D eigenvalue weighted by atomic mass is 9.83. The lowest BCUT2D eigenvalue weighted by molar-refractivity contribution is -0.141. The third-order valence-corrected chi connectivity index (χ3v) is 5.69. The van der Waals surface area contributed by atoms with E-state index in [4.69, 9.17) is 25.8 Å². The molecule has 0 radical (unpaired) electrons. The molecule has 164 valence electrons. The fraction of sp³-hybridized carbons (Fsp3) is 0.333. The topological polar surface area (TPSA) is 65.1 Å².